The highest BCUT2D eigenvalue weighted by Crippen LogP contribution is 2.04. The first-order chi connectivity index (χ1) is 6.52. The van der Waals surface area contributed by atoms with E-state index in [1.165, 1.54) is 7.11 Å². The van der Waals surface area contributed by atoms with Gasteiger partial charge in [0.15, 0.2) is 0 Å². The van der Waals surface area contributed by atoms with Crippen molar-refractivity contribution in [2.24, 2.45) is 5.92 Å². The minimum absolute atomic E-state index is 0.0932. The molecule has 0 aliphatic rings. The molecular formula is C10H21NO3. The van der Waals surface area contributed by atoms with Crippen LogP contribution in [0, 0.1) is 5.92 Å². The van der Waals surface area contributed by atoms with E-state index in [0.717, 1.165) is 0 Å². The van der Waals surface area contributed by atoms with Crippen molar-refractivity contribution >= 4 is 5.97 Å². The van der Waals surface area contributed by atoms with Crippen molar-refractivity contribution in [2.45, 2.75) is 19.9 Å². The summed E-state index contributed by atoms with van der Waals surface area (Å²) in [4.78, 5) is 13.2. The van der Waals surface area contributed by atoms with Crippen molar-refractivity contribution in [3.63, 3.8) is 0 Å². The Labute approximate surface area is 86.2 Å². The van der Waals surface area contributed by atoms with E-state index < -0.39 is 0 Å². The van der Waals surface area contributed by atoms with Crippen LogP contribution in [0.4, 0.5) is 0 Å². The fourth-order valence-corrected chi connectivity index (χ4v) is 1.26. The van der Waals surface area contributed by atoms with Gasteiger partial charge in [0, 0.05) is 19.7 Å². The smallest absolute Gasteiger partial charge is 0.309 e. The number of likely N-dealkylation sites (N-methyl/N-ethyl adjacent to an activating group) is 1. The van der Waals surface area contributed by atoms with E-state index in [0.29, 0.717) is 19.2 Å². The van der Waals surface area contributed by atoms with Gasteiger partial charge < -0.3 is 14.4 Å². The van der Waals surface area contributed by atoms with Crippen LogP contribution in [-0.4, -0.2) is 51.3 Å². The molecule has 4 nitrogen and oxygen atoms in total. The fourth-order valence-electron chi connectivity index (χ4n) is 1.26. The molecule has 84 valence electrons. The van der Waals surface area contributed by atoms with Gasteiger partial charge in [-0.3, -0.25) is 4.79 Å². The number of hydrogen-bond acceptors (Lipinski definition) is 4. The summed E-state index contributed by atoms with van der Waals surface area (Å²) in [5.41, 5.74) is 0. The topological polar surface area (TPSA) is 38.8 Å². The van der Waals surface area contributed by atoms with E-state index >= 15 is 0 Å². The van der Waals surface area contributed by atoms with E-state index in [-0.39, 0.29) is 11.9 Å². The molecule has 0 aliphatic carbocycles. The van der Waals surface area contributed by atoms with Crippen molar-refractivity contribution in [3.8, 4) is 0 Å². The lowest BCUT2D eigenvalue weighted by molar-refractivity contribution is -0.145. The van der Waals surface area contributed by atoms with Crippen LogP contribution >= 0.6 is 0 Å². The Morgan fingerprint density at radius 3 is 2.36 bits per heavy atom. The molecule has 0 bridgehead atoms. The van der Waals surface area contributed by atoms with Crippen molar-refractivity contribution in [1.82, 2.24) is 4.90 Å². The molecule has 0 fully saturated rings. The van der Waals surface area contributed by atoms with Gasteiger partial charge in [-0.15, -0.1) is 0 Å². The first-order valence-corrected chi connectivity index (χ1v) is 4.79. The number of rotatable bonds is 6. The molecule has 0 radical (unpaired) electrons. The van der Waals surface area contributed by atoms with Crippen LogP contribution in [0.15, 0.2) is 0 Å². The highest BCUT2D eigenvalue weighted by atomic mass is 16.5. The Morgan fingerprint density at radius 1 is 1.36 bits per heavy atom. The first kappa shape index (κ1) is 13.4. The molecular weight excluding hydrogens is 182 g/mol. The third kappa shape index (κ3) is 4.58. The summed E-state index contributed by atoms with van der Waals surface area (Å²) < 4.78 is 9.69. The molecule has 0 saturated carbocycles. The van der Waals surface area contributed by atoms with Gasteiger partial charge in [-0.2, -0.15) is 0 Å². The molecule has 0 amide bonds. The van der Waals surface area contributed by atoms with E-state index in [1.807, 2.05) is 14.0 Å². The zero-order chi connectivity index (χ0) is 11.1. The van der Waals surface area contributed by atoms with Crippen LogP contribution in [-0.2, 0) is 14.3 Å². The fraction of sp³-hybridized carbons (Fsp3) is 0.900. The lowest BCUT2D eigenvalue weighted by atomic mass is 10.1. The number of carbonyl (C=O) groups excluding carboxylic acids is 1. The molecule has 0 heterocycles. The average Bonchev–Trinajstić information content (AvgIpc) is 2.16. The summed E-state index contributed by atoms with van der Waals surface area (Å²) in [5.74, 6) is -0.259. The summed E-state index contributed by atoms with van der Waals surface area (Å²) in [6.07, 6.45) is 0. The molecule has 0 aliphatic heterocycles. The molecule has 4 heteroatoms. The van der Waals surface area contributed by atoms with Crippen molar-refractivity contribution in [1.29, 1.82) is 0 Å². The van der Waals surface area contributed by atoms with Crippen LogP contribution in [0.2, 0.25) is 0 Å². The second-order valence-electron chi connectivity index (χ2n) is 3.67. The van der Waals surface area contributed by atoms with Gasteiger partial charge in [0.1, 0.15) is 0 Å². The summed E-state index contributed by atoms with van der Waals surface area (Å²) in [6.45, 7) is 5.29. The number of ether oxygens (including phenoxy) is 2. The van der Waals surface area contributed by atoms with Gasteiger partial charge in [0.2, 0.25) is 0 Å². The largest absolute Gasteiger partial charge is 0.469 e. The third-order valence-corrected chi connectivity index (χ3v) is 2.33. The lowest BCUT2D eigenvalue weighted by Gasteiger charge is -2.25. The maximum absolute atomic E-state index is 11.1. The monoisotopic (exact) mass is 203 g/mol. The third-order valence-electron chi connectivity index (χ3n) is 2.33. The van der Waals surface area contributed by atoms with E-state index in [1.54, 1.807) is 7.11 Å². The number of esters is 1. The van der Waals surface area contributed by atoms with Crippen LogP contribution in [0.1, 0.15) is 13.8 Å². The molecule has 0 aromatic heterocycles. The van der Waals surface area contributed by atoms with Crippen LogP contribution in [0.25, 0.3) is 0 Å². The molecule has 2 unspecified atom stereocenters. The predicted octanol–water partition coefficient (Wildman–Crippen LogP) is 0.762. The number of methoxy groups -OCH3 is 2. The minimum atomic E-state index is -0.165. The normalized spacial score (nSPS) is 15.3. The number of nitrogens with zero attached hydrogens (tertiary/aromatic N) is 1. The van der Waals surface area contributed by atoms with Gasteiger partial charge in [-0.1, -0.05) is 6.92 Å². The number of carbonyl (C=O) groups is 1. The van der Waals surface area contributed by atoms with Crippen molar-refractivity contribution in [2.75, 3.05) is 34.4 Å². The van der Waals surface area contributed by atoms with E-state index in [2.05, 4.69) is 16.6 Å². The zero-order valence-corrected chi connectivity index (χ0v) is 9.74. The second kappa shape index (κ2) is 6.79. The predicted molar refractivity (Wildman–Crippen MR) is 55.1 cm³/mol. The minimum Gasteiger partial charge on any atom is -0.469 e. The molecule has 14 heavy (non-hydrogen) atoms. The molecule has 0 rings (SSSR count). The van der Waals surface area contributed by atoms with Gasteiger partial charge in [-0.05, 0) is 14.0 Å². The maximum Gasteiger partial charge on any atom is 0.309 e. The van der Waals surface area contributed by atoms with E-state index in [4.69, 9.17) is 4.74 Å². The highest BCUT2D eigenvalue weighted by molar-refractivity contribution is 5.72. The van der Waals surface area contributed by atoms with Gasteiger partial charge in [-0.25, -0.2) is 0 Å². The van der Waals surface area contributed by atoms with Crippen LogP contribution in [0.3, 0.4) is 0 Å². The molecule has 0 saturated heterocycles. The summed E-state index contributed by atoms with van der Waals surface area (Å²) in [6, 6.07) is 0.312. The number of hydrogen-bond donors (Lipinski definition) is 0. The standard InChI is InChI=1S/C10H21NO3/c1-8(10(12)14-5)6-11(3)9(2)7-13-4/h8-9H,6-7H2,1-5H3. The Kier molecular flexibility index (Phi) is 6.49. The lowest BCUT2D eigenvalue weighted by Crippen LogP contribution is -2.37. The Morgan fingerprint density at radius 2 is 1.93 bits per heavy atom. The second-order valence-corrected chi connectivity index (χ2v) is 3.67. The molecule has 0 spiro atoms. The molecule has 2 atom stereocenters. The Bertz CT molecular complexity index is 173. The summed E-state index contributed by atoms with van der Waals surface area (Å²) >= 11 is 0. The van der Waals surface area contributed by atoms with Crippen LogP contribution < -0.4 is 0 Å². The summed E-state index contributed by atoms with van der Waals surface area (Å²) in [7, 11) is 5.06. The first-order valence-electron chi connectivity index (χ1n) is 4.79. The zero-order valence-electron chi connectivity index (χ0n) is 9.74. The van der Waals surface area contributed by atoms with Gasteiger partial charge in [0.25, 0.3) is 0 Å². The van der Waals surface area contributed by atoms with E-state index in [9.17, 15) is 4.79 Å². The van der Waals surface area contributed by atoms with Gasteiger partial charge >= 0.3 is 5.97 Å². The van der Waals surface area contributed by atoms with Crippen LogP contribution in [0.5, 0.6) is 0 Å². The summed E-state index contributed by atoms with van der Waals surface area (Å²) in [5, 5.41) is 0. The SMILES string of the molecule is COCC(C)N(C)CC(C)C(=O)OC. The van der Waals surface area contributed by atoms with Gasteiger partial charge in [0.05, 0.1) is 19.6 Å². The van der Waals surface area contributed by atoms with Crippen molar-refractivity contribution in [3.05, 3.63) is 0 Å². The van der Waals surface area contributed by atoms with Crippen molar-refractivity contribution < 1.29 is 14.3 Å². The Balaban J connectivity index is 3.91. The molecule has 0 aromatic carbocycles. The average molecular weight is 203 g/mol. The molecule has 0 N–H and O–H groups in total. The quantitative estimate of drug-likeness (QED) is 0.597. The highest BCUT2D eigenvalue weighted by Gasteiger charge is 2.18. The Hall–Kier alpha value is -0.610. The maximum atomic E-state index is 11.1. The molecule has 0 aromatic rings.